The molecule has 2 aromatic heterocycles. The van der Waals surface area contributed by atoms with Crippen molar-refractivity contribution in [3.8, 4) is 23.1 Å². The van der Waals surface area contributed by atoms with Crippen molar-refractivity contribution in [2.24, 2.45) is 4.99 Å². The number of benzene rings is 2. The fourth-order valence-corrected chi connectivity index (χ4v) is 5.39. The minimum atomic E-state index is 0.764. The van der Waals surface area contributed by atoms with Crippen molar-refractivity contribution in [2.45, 2.75) is 46.1 Å². The van der Waals surface area contributed by atoms with Gasteiger partial charge in [0.1, 0.15) is 5.69 Å². The van der Waals surface area contributed by atoms with Gasteiger partial charge in [0, 0.05) is 22.6 Å². The van der Waals surface area contributed by atoms with E-state index in [-0.39, 0.29) is 0 Å². The largest absolute Gasteiger partial charge is 0.293 e. The number of hydrogen-bond donors (Lipinski definition) is 1. The first-order valence-corrected chi connectivity index (χ1v) is 12.4. The first-order valence-electron chi connectivity index (χ1n) is 12.4. The molecule has 0 radical (unpaired) electrons. The average Bonchev–Trinajstić information content (AvgIpc) is 3.52. The fourth-order valence-electron chi connectivity index (χ4n) is 5.39. The van der Waals surface area contributed by atoms with Gasteiger partial charge in [-0.3, -0.25) is 15.0 Å². The van der Waals surface area contributed by atoms with Gasteiger partial charge in [-0.25, -0.2) is 4.98 Å². The number of hydrogen-bond acceptors (Lipinski definition) is 4. The number of nitrogens with zero attached hydrogens (tertiary/aromatic N) is 4. The number of aromatic nitrogens is 3. The lowest BCUT2D eigenvalue weighted by Crippen LogP contribution is -2.22. The van der Waals surface area contributed by atoms with E-state index < -0.39 is 0 Å². The molecule has 0 fully saturated rings. The van der Waals surface area contributed by atoms with Crippen LogP contribution < -0.4 is 0 Å². The third-order valence-electron chi connectivity index (χ3n) is 7.31. The van der Waals surface area contributed by atoms with Crippen molar-refractivity contribution in [3.63, 3.8) is 0 Å². The Balaban J connectivity index is 1.54. The smallest absolute Gasteiger partial charge is 0.116 e. The van der Waals surface area contributed by atoms with E-state index in [1.54, 1.807) is 0 Å². The summed E-state index contributed by atoms with van der Waals surface area (Å²) in [6.07, 6.45) is 6.54. The standard InChI is InChI=1S/C29H29N5/c1-3-34(4-2)15-7-10-25-28-26(33-32-25)14-13-24-27(28)22-8-5-6-9-23(22)29(31-24)19-11-12-20-17-30-18-21(20)16-19/h11-14,16,18H,3-6,8-9,15,17H2,1-2H3,(H,32,33). The lowest BCUT2D eigenvalue weighted by Gasteiger charge is -2.22. The molecule has 170 valence electrons. The van der Waals surface area contributed by atoms with Crippen LogP contribution in [0.25, 0.3) is 33.1 Å². The highest BCUT2D eigenvalue weighted by Gasteiger charge is 2.23. The number of aliphatic imine (C=N–C) groups is 1. The van der Waals surface area contributed by atoms with Crippen molar-refractivity contribution in [1.29, 1.82) is 0 Å². The minimum absolute atomic E-state index is 0.764. The molecule has 1 aliphatic heterocycles. The summed E-state index contributed by atoms with van der Waals surface area (Å²) >= 11 is 0. The molecule has 0 saturated carbocycles. The Morgan fingerprint density at radius 3 is 2.65 bits per heavy atom. The molecule has 6 rings (SSSR count). The van der Waals surface area contributed by atoms with E-state index in [2.05, 4.69) is 76.1 Å². The summed E-state index contributed by atoms with van der Waals surface area (Å²) in [5, 5.41) is 10.2. The van der Waals surface area contributed by atoms with Crippen LogP contribution in [0.1, 0.15) is 54.6 Å². The third-order valence-corrected chi connectivity index (χ3v) is 7.31. The van der Waals surface area contributed by atoms with Gasteiger partial charge in [0.2, 0.25) is 0 Å². The number of fused-ring (bicyclic) bond motifs is 6. The Morgan fingerprint density at radius 1 is 0.971 bits per heavy atom. The molecule has 2 aromatic carbocycles. The van der Waals surface area contributed by atoms with Gasteiger partial charge < -0.3 is 0 Å². The Morgan fingerprint density at radius 2 is 1.79 bits per heavy atom. The molecule has 4 aromatic rings. The molecule has 1 N–H and O–H groups in total. The van der Waals surface area contributed by atoms with Crippen LogP contribution in [0.4, 0.5) is 0 Å². The Hall–Kier alpha value is -3.49. The van der Waals surface area contributed by atoms with E-state index in [0.29, 0.717) is 0 Å². The van der Waals surface area contributed by atoms with Gasteiger partial charge in [-0.2, -0.15) is 5.10 Å². The third kappa shape index (κ3) is 3.50. The van der Waals surface area contributed by atoms with E-state index >= 15 is 0 Å². The molecule has 0 unspecified atom stereocenters. The van der Waals surface area contributed by atoms with Crippen LogP contribution in [0.2, 0.25) is 0 Å². The molecule has 5 heteroatoms. The molecule has 2 aliphatic rings. The number of H-pyrrole nitrogens is 1. The SMILES string of the molecule is CCN(CC)CC#Cc1[nH]nc2ccc3nc(-c4ccc5c(c4)C=NC5)c4c(c3c12)CCCC4. The number of aryl methyl sites for hydroxylation is 1. The minimum Gasteiger partial charge on any atom is -0.293 e. The highest BCUT2D eigenvalue weighted by atomic mass is 15.1. The summed E-state index contributed by atoms with van der Waals surface area (Å²) in [4.78, 5) is 12.0. The van der Waals surface area contributed by atoms with Gasteiger partial charge in [-0.15, -0.1) is 0 Å². The predicted octanol–water partition coefficient (Wildman–Crippen LogP) is 5.28. The lowest BCUT2D eigenvalue weighted by atomic mass is 9.85. The maximum absolute atomic E-state index is 5.25. The highest BCUT2D eigenvalue weighted by Crippen LogP contribution is 2.39. The molecule has 0 spiro atoms. The average molecular weight is 448 g/mol. The van der Waals surface area contributed by atoms with Gasteiger partial charge in [-0.1, -0.05) is 31.9 Å². The molecule has 0 amide bonds. The second-order valence-electron chi connectivity index (χ2n) is 9.22. The van der Waals surface area contributed by atoms with Gasteiger partial charge in [-0.05, 0) is 85.1 Å². The monoisotopic (exact) mass is 447 g/mol. The van der Waals surface area contributed by atoms with Crippen molar-refractivity contribution in [1.82, 2.24) is 20.1 Å². The van der Waals surface area contributed by atoms with E-state index in [1.165, 1.54) is 46.0 Å². The second kappa shape index (κ2) is 8.70. The second-order valence-corrected chi connectivity index (χ2v) is 9.22. The fraction of sp³-hybridized carbons (Fsp3) is 0.345. The van der Waals surface area contributed by atoms with Crippen LogP contribution in [-0.4, -0.2) is 45.9 Å². The number of rotatable bonds is 4. The maximum atomic E-state index is 5.25. The molecular weight excluding hydrogens is 418 g/mol. The summed E-state index contributed by atoms with van der Waals surface area (Å²) in [7, 11) is 0. The van der Waals surface area contributed by atoms with Crippen LogP contribution in [0.5, 0.6) is 0 Å². The molecule has 3 heterocycles. The zero-order valence-electron chi connectivity index (χ0n) is 19.9. The molecule has 0 bridgehead atoms. The van der Waals surface area contributed by atoms with Crippen molar-refractivity contribution in [2.75, 3.05) is 19.6 Å². The summed E-state index contributed by atoms with van der Waals surface area (Å²) in [5.74, 6) is 6.75. The van der Waals surface area contributed by atoms with Crippen LogP contribution in [0.3, 0.4) is 0 Å². The topological polar surface area (TPSA) is 57.2 Å². The maximum Gasteiger partial charge on any atom is 0.116 e. The Bertz CT molecular complexity index is 1490. The first kappa shape index (κ1) is 21.1. The lowest BCUT2D eigenvalue weighted by molar-refractivity contribution is 0.342. The van der Waals surface area contributed by atoms with Crippen molar-refractivity contribution in [3.05, 3.63) is 58.3 Å². The van der Waals surface area contributed by atoms with Crippen molar-refractivity contribution >= 4 is 28.0 Å². The molecule has 0 atom stereocenters. The van der Waals surface area contributed by atoms with E-state index in [9.17, 15) is 0 Å². The molecule has 5 nitrogen and oxygen atoms in total. The number of nitrogens with one attached hydrogen (secondary N) is 1. The molecule has 0 saturated heterocycles. The molecule has 1 aliphatic carbocycles. The van der Waals surface area contributed by atoms with Crippen LogP contribution >= 0.6 is 0 Å². The number of aromatic amines is 1. The zero-order chi connectivity index (χ0) is 23.1. The van der Waals surface area contributed by atoms with Gasteiger partial charge in [0.05, 0.1) is 29.8 Å². The highest BCUT2D eigenvalue weighted by molar-refractivity contribution is 6.10. The summed E-state index contributed by atoms with van der Waals surface area (Å²) in [6.45, 7) is 7.91. The van der Waals surface area contributed by atoms with E-state index in [1.807, 2.05) is 6.21 Å². The quantitative estimate of drug-likeness (QED) is 0.433. The zero-order valence-corrected chi connectivity index (χ0v) is 19.9. The van der Waals surface area contributed by atoms with Crippen LogP contribution in [0, 0.1) is 11.8 Å². The predicted molar refractivity (Wildman–Crippen MR) is 139 cm³/mol. The Labute approximate surface area is 200 Å². The molecule has 34 heavy (non-hydrogen) atoms. The van der Waals surface area contributed by atoms with E-state index in [4.69, 9.17) is 4.98 Å². The molecular formula is C29H29N5. The van der Waals surface area contributed by atoms with E-state index in [0.717, 1.165) is 66.8 Å². The summed E-state index contributed by atoms with van der Waals surface area (Å²) in [6, 6.07) is 10.9. The van der Waals surface area contributed by atoms with Crippen LogP contribution in [0.15, 0.2) is 35.3 Å². The normalized spacial score (nSPS) is 14.4. The van der Waals surface area contributed by atoms with Crippen molar-refractivity contribution < 1.29 is 0 Å². The Kier molecular flexibility index (Phi) is 5.39. The first-order chi connectivity index (χ1) is 16.8. The van der Waals surface area contributed by atoms with Gasteiger partial charge in [0.15, 0.2) is 0 Å². The summed E-state index contributed by atoms with van der Waals surface area (Å²) < 4.78 is 0. The summed E-state index contributed by atoms with van der Waals surface area (Å²) in [5.41, 5.74) is 10.6. The van der Waals surface area contributed by atoms with Crippen LogP contribution in [-0.2, 0) is 19.4 Å². The van der Waals surface area contributed by atoms with Gasteiger partial charge in [0.25, 0.3) is 0 Å². The number of pyridine rings is 1. The van der Waals surface area contributed by atoms with Gasteiger partial charge >= 0.3 is 0 Å².